The highest BCUT2D eigenvalue weighted by Crippen LogP contribution is 2.30. The lowest BCUT2D eigenvalue weighted by Crippen LogP contribution is -2.23. The number of aryl methyl sites for hydroxylation is 1. The Morgan fingerprint density at radius 3 is 2.62 bits per heavy atom. The van der Waals surface area contributed by atoms with Gasteiger partial charge in [0.1, 0.15) is 0 Å². The molecule has 1 N–H and O–H groups in total. The minimum atomic E-state index is -4.09. The Labute approximate surface area is 96.9 Å². The van der Waals surface area contributed by atoms with Crippen molar-refractivity contribution in [3.63, 3.8) is 0 Å². The zero-order valence-corrected chi connectivity index (χ0v) is 10.1. The molecule has 1 heterocycles. The molecule has 2 nitrogen and oxygen atoms in total. The minimum Gasteiger partial charge on any atom is -0.309 e. The number of hydrogen-bond donors (Lipinski definition) is 1. The van der Waals surface area contributed by atoms with Crippen LogP contribution >= 0.6 is 11.3 Å². The molecule has 92 valence electrons. The molecule has 1 unspecified atom stereocenters. The van der Waals surface area contributed by atoms with Gasteiger partial charge in [0.2, 0.25) is 0 Å². The van der Waals surface area contributed by atoms with Gasteiger partial charge in [0.25, 0.3) is 0 Å². The van der Waals surface area contributed by atoms with E-state index in [1.165, 1.54) is 11.3 Å². The third-order valence-electron chi connectivity index (χ3n) is 2.27. The number of halogens is 3. The van der Waals surface area contributed by atoms with Gasteiger partial charge in [-0.1, -0.05) is 6.92 Å². The highest BCUT2D eigenvalue weighted by Gasteiger charge is 2.29. The summed E-state index contributed by atoms with van der Waals surface area (Å²) in [6, 6.07) is -0.237. The molecule has 0 aliphatic heterocycles. The van der Waals surface area contributed by atoms with Gasteiger partial charge in [-0.15, -0.1) is 11.3 Å². The fourth-order valence-corrected chi connectivity index (χ4v) is 2.44. The Hall–Kier alpha value is -0.620. The maximum atomic E-state index is 12.2. The van der Waals surface area contributed by atoms with Crippen molar-refractivity contribution in [1.29, 1.82) is 0 Å². The van der Waals surface area contributed by atoms with E-state index in [1.54, 1.807) is 5.51 Å². The molecule has 0 bridgehead atoms. The van der Waals surface area contributed by atoms with Crippen molar-refractivity contribution in [3.05, 3.63) is 16.1 Å². The van der Waals surface area contributed by atoms with Crippen LogP contribution < -0.4 is 5.32 Å². The topological polar surface area (TPSA) is 24.9 Å². The van der Waals surface area contributed by atoms with E-state index in [9.17, 15) is 13.2 Å². The second-order valence-corrected chi connectivity index (χ2v) is 4.45. The molecule has 0 aliphatic carbocycles. The number of nitrogens with zero attached hydrogens (tertiary/aromatic N) is 1. The molecule has 0 amide bonds. The highest BCUT2D eigenvalue weighted by atomic mass is 32.1. The summed E-state index contributed by atoms with van der Waals surface area (Å²) in [4.78, 5) is 4.97. The number of rotatable bonds is 5. The van der Waals surface area contributed by atoms with Crippen LogP contribution in [0.5, 0.6) is 0 Å². The lowest BCUT2D eigenvalue weighted by Gasteiger charge is -2.17. The first kappa shape index (κ1) is 13.4. The Bertz CT molecular complexity index is 322. The highest BCUT2D eigenvalue weighted by molar-refractivity contribution is 7.09. The zero-order chi connectivity index (χ0) is 12.2. The average Bonchev–Trinajstić information content (AvgIpc) is 2.57. The van der Waals surface area contributed by atoms with E-state index in [2.05, 4.69) is 10.3 Å². The van der Waals surface area contributed by atoms with E-state index < -0.39 is 12.6 Å². The molecule has 16 heavy (non-hydrogen) atoms. The van der Waals surface area contributed by atoms with Crippen LogP contribution in [-0.2, 0) is 0 Å². The number of thiazole rings is 1. The first-order valence-electron chi connectivity index (χ1n) is 5.14. The van der Waals surface area contributed by atoms with Crippen molar-refractivity contribution < 1.29 is 13.2 Å². The van der Waals surface area contributed by atoms with Crippen molar-refractivity contribution in [1.82, 2.24) is 10.3 Å². The summed E-state index contributed by atoms with van der Waals surface area (Å²) in [7, 11) is 0. The van der Waals surface area contributed by atoms with Gasteiger partial charge in [-0.2, -0.15) is 13.2 Å². The van der Waals surface area contributed by atoms with Gasteiger partial charge in [0.15, 0.2) is 0 Å². The molecule has 0 spiro atoms. The lowest BCUT2D eigenvalue weighted by molar-refractivity contribution is -0.136. The molecule has 0 radical (unpaired) electrons. The van der Waals surface area contributed by atoms with E-state index in [4.69, 9.17) is 0 Å². The molecule has 0 aliphatic rings. The second-order valence-electron chi connectivity index (χ2n) is 3.57. The predicted octanol–water partition coefficient (Wildman–Crippen LogP) is 3.44. The summed E-state index contributed by atoms with van der Waals surface area (Å²) in [5.41, 5.74) is 2.49. The first-order valence-corrected chi connectivity index (χ1v) is 6.02. The van der Waals surface area contributed by atoms with Crippen molar-refractivity contribution in [2.24, 2.45) is 0 Å². The van der Waals surface area contributed by atoms with Gasteiger partial charge in [0, 0.05) is 17.3 Å². The fourth-order valence-electron chi connectivity index (χ4n) is 1.53. The fraction of sp³-hybridized carbons (Fsp3) is 0.700. The van der Waals surface area contributed by atoms with E-state index >= 15 is 0 Å². The Balaban J connectivity index is 2.65. The van der Waals surface area contributed by atoms with Gasteiger partial charge in [0.05, 0.1) is 11.2 Å². The van der Waals surface area contributed by atoms with Gasteiger partial charge < -0.3 is 5.32 Å². The maximum absolute atomic E-state index is 12.2. The van der Waals surface area contributed by atoms with Crippen molar-refractivity contribution >= 4 is 11.3 Å². The third kappa shape index (κ3) is 4.09. The van der Waals surface area contributed by atoms with Crippen molar-refractivity contribution in [2.45, 2.75) is 38.9 Å². The lowest BCUT2D eigenvalue weighted by atomic mass is 10.1. The summed E-state index contributed by atoms with van der Waals surface area (Å²) in [6.07, 6.45) is -4.78. The van der Waals surface area contributed by atoms with E-state index in [0.29, 0.717) is 6.54 Å². The standard InChI is InChI=1S/C10H15F3N2S/c1-3-14-8(4-5-10(11,12)13)9-7(2)15-6-16-9/h6,8,14H,3-5H2,1-2H3. The monoisotopic (exact) mass is 252 g/mol. The number of hydrogen-bond acceptors (Lipinski definition) is 3. The van der Waals surface area contributed by atoms with Crippen LogP contribution in [0.25, 0.3) is 0 Å². The van der Waals surface area contributed by atoms with Crippen LogP contribution in [0.3, 0.4) is 0 Å². The third-order valence-corrected chi connectivity index (χ3v) is 3.31. The number of alkyl halides is 3. The molecule has 0 saturated carbocycles. The normalized spacial score (nSPS) is 14.1. The largest absolute Gasteiger partial charge is 0.389 e. The van der Waals surface area contributed by atoms with Gasteiger partial charge in [-0.25, -0.2) is 4.98 Å². The predicted molar refractivity (Wildman–Crippen MR) is 58.6 cm³/mol. The van der Waals surface area contributed by atoms with Gasteiger partial charge in [-0.3, -0.25) is 0 Å². The van der Waals surface area contributed by atoms with E-state index in [-0.39, 0.29) is 12.5 Å². The van der Waals surface area contributed by atoms with E-state index in [1.807, 2.05) is 13.8 Å². The minimum absolute atomic E-state index is 0.0698. The molecule has 1 aromatic heterocycles. The zero-order valence-electron chi connectivity index (χ0n) is 9.27. The SMILES string of the molecule is CCNC(CCC(F)(F)F)c1scnc1C. The van der Waals surface area contributed by atoms with Gasteiger partial charge in [-0.05, 0) is 19.9 Å². The molecule has 1 aromatic rings. The summed E-state index contributed by atoms with van der Waals surface area (Å²) in [6.45, 7) is 4.36. The van der Waals surface area contributed by atoms with Crippen LogP contribution in [-0.4, -0.2) is 17.7 Å². The summed E-state index contributed by atoms with van der Waals surface area (Å²) >= 11 is 1.41. The summed E-state index contributed by atoms with van der Waals surface area (Å²) in [5, 5.41) is 3.07. The van der Waals surface area contributed by atoms with Crippen LogP contribution in [0.15, 0.2) is 5.51 Å². The van der Waals surface area contributed by atoms with Crippen LogP contribution in [0.4, 0.5) is 13.2 Å². The van der Waals surface area contributed by atoms with E-state index in [0.717, 1.165) is 10.6 Å². The molecule has 1 atom stereocenters. The maximum Gasteiger partial charge on any atom is 0.389 e. The number of nitrogens with one attached hydrogen (secondary N) is 1. The van der Waals surface area contributed by atoms with Crippen molar-refractivity contribution in [3.8, 4) is 0 Å². The Morgan fingerprint density at radius 1 is 1.50 bits per heavy atom. The summed E-state index contributed by atoms with van der Waals surface area (Å²) in [5.74, 6) is 0. The Morgan fingerprint density at radius 2 is 2.19 bits per heavy atom. The quantitative estimate of drug-likeness (QED) is 0.868. The molecule has 0 aromatic carbocycles. The van der Waals surface area contributed by atoms with Crippen LogP contribution in [0, 0.1) is 6.92 Å². The van der Waals surface area contributed by atoms with Crippen molar-refractivity contribution in [2.75, 3.05) is 6.54 Å². The average molecular weight is 252 g/mol. The van der Waals surface area contributed by atoms with Crippen LogP contribution in [0.2, 0.25) is 0 Å². The van der Waals surface area contributed by atoms with Gasteiger partial charge >= 0.3 is 6.18 Å². The molecule has 1 rings (SSSR count). The molecular weight excluding hydrogens is 237 g/mol. The summed E-state index contributed by atoms with van der Waals surface area (Å²) < 4.78 is 36.5. The number of aromatic nitrogens is 1. The smallest absolute Gasteiger partial charge is 0.309 e. The second kappa shape index (κ2) is 5.63. The molecular formula is C10H15F3N2S. The molecule has 0 saturated heterocycles. The Kier molecular flexibility index (Phi) is 4.73. The van der Waals surface area contributed by atoms with Crippen LogP contribution in [0.1, 0.15) is 36.4 Å². The molecule has 0 fully saturated rings. The molecule has 6 heteroatoms. The first-order chi connectivity index (χ1) is 7.44.